The highest BCUT2D eigenvalue weighted by Gasteiger charge is 2.64. The minimum atomic E-state index is -2.08. The molecule has 4 aliphatic carbocycles. The lowest BCUT2D eigenvalue weighted by atomic mass is 9.73. The number of aryl methyl sites for hydroxylation is 1. The summed E-state index contributed by atoms with van der Waals surface area (Å²) in [6.45, 7) is 0. The van der Waals surface area contributed by atoms with E-state index in [-0.39, 0.29) is 40.6 Å². The number of carbonyl (C=O) groups excluding carboxylic acids is 5. The number of hydrogen-bond donors (Lipinski definition) is 3. The van der Waals surface area contributed by atoms with Crippen LogP contribution in [0.25, 0.3) is 10.8 Å². The Bertz CT molecular complexity index is 1770. The number of carbonyl (C=O) groups is 5. The molecule has 6 rings (SSSR count). The van der Waals surface area contributed by atoms with Crippen molar-refractivity contribution < 1.29 is 44.0 Å². The molecule has 3 unspecified atom stereocenters. The Morgan fingerprint density at radius 2 is 1.79 bits per heavy atom. The molecule has 0 saturated heterocycles. The number of aromatic nitrogens is 1. The van der Waals surface area contributed by atoms with Crippen LogP contribution in [0.4, 0.5) is 0 Å². The molecule has 0 radical (unpaired) electrons. The average Bonchev–Trinajstić information content (AvgIpc) is 3.38. The third-order valence-electron chi connectivity index (χ3n) is 8.14. The van der Waals surface area contributed by atoms with Gasteiger partial charge >= 0.3 is 0 Å². The highest BCUT2D eigenvalue weighted by Crippen LogP contribution is 2.56. The molecular weight excluding hydrogens is 498 g/mol. The van der Waals surface area contributed by atoms with Crippen LogP contribution in [0.15, 0.2) is 51.2 Å². The maximum atomic E-state index is 14.0. The number of aliphatic hydroxyl groups excluding tert-OH is 2. The van der Waals surface area contributed by atoms with E-state index in [1.807, 2.05) is 0 Å². The van der Waals surface area contributed by atoms with Gasteiger partial charge in [0.1, 0.15) is 16.9 Å². The Morgan fingerprint density at radius 1 is 1.08 bits per heavy atom. The molecule has 1 heterocycles. The van der Waals surface area contributed by atoms with E-state index in [1.54, 1.807) is 0 Å². The number of aliphatic hydroxyl groups is 2. The van der Waals surface area contributed by atoms with E-state index in [4.69, 9.17) is 4.74 Å². The van der Waals surface area contributed by atoms with Gasteiger partial charge in [0.25, 0.3) is 5.56 Å². The Hall–Kier alpha value is -4.64. The molecule has 38 heavy (non-hydrogen) atoms. The second-order valence-electron chi connectivity index (χ2n) is 9.75. The molecule has 1 spiro atoms. The van der Waals surface area contributed by atoms with Gasteiger partial charge in [0.15, 0.2) is 29.4 Å². The van der Waals surface area contributed by atoms with Gasteiger partial charge in [-0.2, -0.15) is 0 Å². The quantitative estimate of drug-likeness (QED) is 0.368. The first-order valence-corrected chi connectivity index (χ1v) is 11.6. The van der Waals surface area contributed by atoms with Crippen LogP contribution in [0.3, 0.4) is 0 Å². The molecule has 0 bridgehead atoms. The normalized spacial score (nSPS) is 26.2. The lowest BCUT2D eigenvalue weighted by molar-refractivity contribution is -0.129. The summed E-state index contributed by atoms with van der Waals surface area (Å²) >= 11 is 0. The van der Waals surface area contributed by atoms with E-state index in [1.165, 1.54) is 19.2 Å². The molecular formula is C27H19NO10. The van der Waals surface area contributed by atoms with Crippen LogP contribution in [-0.4, -0.2) is 62.5 Å². The average molecular weight is 517 g/mol. The number of phenols is 1. The number of ketones is 4. The fraction of sp³-hybridized carbons (Fsp3) is 0.259. The number of allylic oxidation sites excluding steroid dienone is 3. The molecule has 0 amide bonds. The fourth-order valence-corrected chi connectivity index (χ4v) is 6.34. The third-order valence-corrected chi connectivity index (χ3v) is 8.14. The van der Waals surface area contributed by atoms with Crippen molar-refractivity contribution in [3.8, 4) is 5.75 Å². The molecule has 1 aromatic carbocycles. The highest BCUT2D eigenvalue weighted by atomic mass is 16.5. The van der Waals surface area contributed by atoms with Crippen molar-refractivity contribution in [3.05, 3.63) is 73.6 Å². The van der Waals surface area contributed by atoms with Crippen LogP contribution in [0, 0.1) is 5.92 Å². The Morgan fingerprint density at radius 3 is 2.45 bits per heavy atom. The summed E-state index contributed by atoms with van der Waals surface area (Å²) in [5, 5.41) is 33.6. The maximum Gasteiger partial charge on any atom is 0.262 e. The zero-order valence-electron chi connectivity index (χ0n) is 20.0. The van der Waals surface area contributed by atoms with E-state index >= 15 is 0 Å². The number of fused-ring (bicyclic) bond motifs is 4. The first kappa shape index (κ1) is 23.7. The monoisotopic (exact) mass is 517 g/mol. The van der Waals surface area contributed by atoms with E-state index in [2.05, 4.69) is 0 Å². The van der Waals surface area contributed by atoms with Crippen molar-refractivity contribution in [2.75, 3.05) is 7.11 Å². The van der Waals surface area contributed by atoms with Crippen molar-refractivity contribution in [1.29, 1.82) is 0 Å². The van der Waals surface area contributed by atoms with Gasteiger partial charge in [-0.3, -0.25) is 28.8 Å². The van der Waals surface area contributed by atoms with Crippen LogP contribution in [0.1, 0.15) is 28.0 Å². The number of Topliss-reactive ketones (excluding diaryl/α,β-unsaturated/α-hetero) is 3. The molecule has 11 nitrogen and oxygen atoms in total. The van der Waals surface area contributed by atoms with Gasteiger partial charge in [-0.1, -0.05) is 6.07 Å². The minimum Gasteiger partial charge on any atom is -0.507 e. The number of phenolic OH excluding ortho intramolecular Hbond substituents is 1. The number of methoxy groups -OCH3 is 1. The summed E-state index contributed by atoms with van der Waals surface area (Å²) < 4.78 is 5.94. The molecule has 1 aromatic heterocycles. The Kier molecular flexibility index (Phi) is 4.65. The van der Waals surface area contributed by atoms with Crippen molar-refractivity contribution in [2.45, 2.75) is 24.4 Å². The number of benzene rings is 1. The van der Waals surface area contributed by atoms with Crippen molar-refractivity contribution in [1.82, 2.24) is 4.57 Å². The number of ether oxygens (including phenoxy) is 1. The lowest BCUT2D eigenvalue weighted by Gasteiger charge is -2.31. The molecule has 2 aromatic rings. The van der Waals surface area contributed by atoms with Gasteiger partial charge in [0.2, 0.25) is 5.78 Å². The van der Waals surface area contributed by atoms with Gasteiger partial charge in [0, 0.05) is 24.3 Å². The summed E-state index contributed by atoms with van der Waals surface area (Å²) in [6.07, 6.45) is -0.644. The number of hydrogen-bond acceptors (Lipinski definition) is 10. The maximum absolute atomic E-state index is 14.0. The first-order valence-electron chi connectivity index (χ1n) is 11.6. The van der Waals surface area contributed by atoms with E-state index in [0.717, 1.165) is 17.8 Å². The summed E-state index contributed by atoms with van der Waals surface area (Å²) in [7, 11) is 2.48. The van der Waals surface area contributed by atoms with Gasteiger partial charge in [-0.15, -0.1) is 0 Å². The number of nitrogens with zero attached hydrogens (tertiary/aromatic N) is 1. The molecule has 192 valence electrons. The molecule has 0 aliphatic heterocycles. The van der Waals surface area contributed by atoms with Crippen molar-refractivity contribution in [3.63, 3.8) is 0 Å². The molecule has 3 atom stereocenters. The van der Waals surface area contributed by atoms with Crippen molar-refractivity contribution in [2.24, 2.45) is 13.0 Å². The molecule has 11 heteroatoms. The lowest BCUT2D eigenvalue weighted by Crippen LogP contribution is -2.43. The summed E-state index contributed by atoms with van der Waals surface area (Å²) in [6, 6.07) is 2.92. The molecule has 4 aliphatic rings. The van der Waals surface area contributed by atoms with Gasteiger partial charge < -0.3 is 24.6 Å². The van der Waals surface area contributed by atoms with Gasteiger partial charge in [-0.25, -0.2) is 0 Å². The zero-order valence-corrected chi connectivity index (χ0v) is 20.0. The van der Waals surface area contributed by atoms with Crippen LogP contribution < -0.4 is 5.56 Å². The molecule has 0 fully saturated rings. The zero-order chi connectivity index (χ0) is 27.4. The number of rotatable bonds is 2. The first-order chi connectivity index (χ1) is 18.0. The fourth-order valence-electron chi connectivity index (χ4n) is 6.34. The second-order valence-corrected chi connectivity index (χ2v) is 9.75. The van der Waals surface area contributed by atoms with E-state index in [0.29, 0.717) is 11.8 Å². The molecule has 3 N–H and O–H groups in total. The van der Waals surface area contributed by atoms with E-state index in [9.17, 15) is 44.1 Å². The van der Waals surface area contributed by atoms with Gasteiger partial charge in [-0.05, 0) is 29.9 Å². The topological polar surface area (TPSA) is 177 Å². The standard InChI is InChI=1S/C27H19NO10/c1-28-11(8-29)6-10-5-9-3-4-27(19(9)23(34)14(10)26(28)37)24(35)17-18(25(27)36)22(33)16-15(21(17)32)12(30)7-13(38-2)20(16)31/h5-8,16,22,32-34H,3-4H2,1-2H3. The van der Waals surface area contributed by atoms with Crippen molar-refractivity contribution >= 4 is 40.2 Å². The van der Waals surface area contributed by atoms with E-state index < -0.39 is 74.4 Å². The number of aromatic hydroxyl groups is 1. The van der Waals surface area contributed by atoms with Gasteiger partial charge in [0.05, 0.1) is 41.4 Å². The van der Waals surface area contributed by atoms with Crippen LogP contribution in [0.2, 0.25) is 0 Å². The largest absolute Gasteiger partial charge is 0.507 e. The van der Waals surface area contributed by atoms with Crippen LogP contribution in [-0.2, 0) is 42.8 Å². The Labute approximate surface area is 212 Å². The smallest absolute Gasteiger partial charge is 0.262 e. The SMILES string of the molecule is COC1=CC(=O)C2=C(O)C3=C(C(=O)C4(CCc5cc6cc(C=O)n(C)c(=O)c6c(O)c54)C3=O)C(O)C2C1=O. The predicted octanol–water partition coefficient (Wildman–Crippen LogP) is 0.174. The predicted molar refractivity (Wildman–Crippen MR) is 128 cm³/mol. The van der Waals surface area contributed by atoms with Crippen LogP contribution >= 0.6 is 0 Å². The number of pyridine rings is 1. The number of aldehydes is 1. The second kappa shape index (κ2) is 7.45. The summed E-state index contributed by atoms with van der Waals surface area (Å²) in [5.41, 5.74) is -4.15. The summed E-state index contributed by atoms with van der Waals surface area (Å²) in [5.74, 6) is -7.11. The molecule has 0 saturated carbocycles. The minimum absolute atomic E-state index is 0.0559. The van der Waals surface area contributed by atoms with Crippen LogP contribution in [0.5, 0.6) is 5.75 Å². The Balaban J connectivity index is 1.59. The summed E-state index contributed by atoms with van der Waals surface area (Å²) in [4.78, 5) is 78.1. The highest BCUT2D eigenvalue weighted by molar-refractivity contribution is 6.36. The third kappa shape index (κ3) is 2.51.